The zero-order valence-corrected chi connectivity index (χ0v) is 11.0. The molecule has 0 heterocycles. The number of amides is 1. The van der Waals surface area contributed by atoms with Gasteiger partial charge in [0.2, 0.25) is 5.91 Å². The summed E-state index contributed by atoms with van der Waals surface area (Å²) in [6.45, 7) is 0.316. The highest BCUT2D eigenvalue weighted by molar-refractivity contribution is 7.91. The highest BCUT2D eigenvalue weighted by Crippen LogP contribution is 2.06. The first-order chi connectivity index (χ1) is 7.90. The molecule has 94 valence electrons. The molecule has 0 unspecified atom stereocenters. The van der Waals surface area contributed by atoms with Crippen molar-refractivity contribution in [1.29, 1.82) is 0 Å². The second kappa shape index (κ2) is 6.02. The van der Waals surface area contributed by atoms with Crippen molar-refractivity contribution in [2.45, 2.75) is 12.4 Å². The van der Waals surface area contributed by atoms with Crippen LogP contribution in [0.1, 0.15) is 11.1 Å². The Morgan fingerprint density at radius 1 is 1.24 bits per heavy atom. The van der Waals surface area contributed by atoms with Gasteiger partial charge in [0.15, 0.2) is 9.84 Å². The molecule has 4 nitrogen and oxygen atoms in total. The molecule has 17 heavy (non-hydrogen) atoms. The van der Waals surface area contributed by atoms with Crippen molar-refractivity contribution in [1.82, 2.24) is 5.32 Å². The number of alkyl halides is 1. The van der Waals surface area contributed by atoms with Crippen LogP contribution < -0.4 is 5.32 Å². The summed E-state index contributed by atoms with van der Waals surface area (Å²) in [5.41, 5.74) is 1.90. The largest absolute Gasteiger partial charge is 0.351 e. The van der Waals surface area contributed by atoms with Crippen LogP contribution in [0, 0.1) is 0 Å². The van der Waals surface area contributed by atoms with Gasteiger partial charge in [-0.05, 0) is 11.1 Å². The van der Waals surface area contributed by atoms with E-state index in [2.05, 4.69) is 5.32 Å². The third-order valence-corrected chi connectivity index (χ3v) is 3.16. The fourth-order valence-electron chi connectivity index (χ4n) is 1.24. The maximum atomic E-state index is 11.2. The van der Waals surface area contributed by atoms with E-state index in [1.165, 1.54) is 0 Å². The Labute approximate surface area is 106 Å². The van der Waals surface area contributed by atoms with Gasteiger partial charge in [-0.15, -0.1) is 11.6 Å². The second-order valence-electron chi connectivity index (χ2n) is 3.80. The first-order valence-corrected chi connectivity index (χ1v) is 7.58. The van der Waals surface area contributed by atoms with E-state index in [-0.39, 0.29) is 0 Å². The first-order valence-electron chi connectivity index (χ1n) is 4.99. The number of carbonyl (C=O) groups excluding carboxylic acids is 1. The molecule has 0 radical (unpaired) electrons. The Bertz CT molecular complexity index is 482. The Morgan fingerprint density at radius 2 is 1.76 bits per heavy atom. The van der Waals surface area contributed by atoms with Crippen LogP contribution in [-0.4, -0.2) is 26.3 Å². The maximum absolute atomic E-state index is 11.2. The lowest BCUT2D eigenvalue weighted by Gasteiger charge is -2.05. The van der Waals surface area contributed by atoms with Gasteiger partial charge in [-0.25, -0.2) is 8.42 Å². The summed E-state index contributed by atoms with van der Waals surface area (Å²) >= 11 is 5.64. The molecule has 1 rings (SSSR count). The smallest absolute Gasteiger partial charge is 0.235 e. The summed E-state index contributed by atoms with van der Waals surface area (Å²) in [7, 11) is -3.27. The average molecular weight is 276 g/mol. The lowest BCUT2D eigenvalue weighted by atomic mass is 10.1. The highest BCUT2D eigenvalue weighted by atomic mass is 35.5. The SMILES string of the molecule is CS(=O)(=O)CC(=O)NCc1ccc(CCl)cc1. The summed E-state index contributed by atoms with van der Waals surface area (Å²) in [6, 6.07) is 7.42. The molecule has 0 spiro atoms. The van der Waals surface area contributed by atoms with Gasteiger partial charge >= 0.3 is 0 Å². The predicted molar refractivity (Wildman–Crippen MR) is 67.6 cm³/mol. The second-order valence-corrected chi connectivity index (χ2v) is 6.20. The monoisotopic (exact) mass is 275 g/mol. The number of carbonyl (C=O) groups is 1. The molecule has 1 amide bonds. The van der Waals surface area contributed by atoms with Crippen molar-refractivity contribution >= 4 is 27.3 Å². The van der Waals surface area contributed by atoms with Crippen LogP contribution in [-0.2, 0) is 27.1 Å². The molecule has 0 saturated heterocycles. The van der Waals surface area contributed by atoms with Crippen molar-refractivity contribution in [2.75, 3.05) is 12.0 Å². The minimum atomic E-state index is -3.27. The molecule has 0 atom stereocenters. The van der Waals surface area contributed by atoms with E-state index in [9.17, 15) is 13.2 Å². The van der Waals surface area contributed by atoms with E-state index in [0.717, 1.165) is 17.4 Å². The molecule has 0 aliphatic rings. The van der Waals surface area contributed by atoms with Crippen molar-refractivity contribution in [3.8, 4) is 0 Å². The van der Waals surface area contributed by atoms with Gasteiger partial charge in [0.05, 0.1) is 0 Å². The number of hydrogen-bond donors (Lipinski definition) is 1. The van der Waals surface area contributed by atoms with Crippen LogP contribution in [0.2, 0.25) is 0 Å². The third-order valence-electron chi connectivity index (χ3n) is 2.06. The predicted octanol–water partition coefficient (Wildman–Crippen LogP) is 1.09. The van der Waals surface area contributed by atoms with Crippen molar-refractivity contribution in [3.63, 3.8) is 0 Å². The van der Waals surface area contributed by atoms with Gasteiger partial charge in [-0.1, -0.05) is 24.3 Å². The van der Waals surface area contributed by atoms with Gasteiger partial charge in [-0.3, -0.25) is 4.79 Å². The van der Waals surface area contributed by atoms with Gasteiger partial charge < -0.3 is 5.32 Å². The molecular formula is C11H14ClNO3S. The fraction of sp³-hybridized carbons (Fsp3) is 0.364. The van der Waals surface area contributed by atoms with Crippen LogP contribution in [0.25, 0.3) is 0 Å². The Balaban J connectivity index is 2.47. The van der Waals surface area contributed by atoms with E-state index < -0.39 is 21.5 Å². The Kier molecular flexibility index (Phi) is 4.96. The molecule has 1 aromatic carbocycles. The van der Waals surface area contributed by atoms with Crippen molar-refractivity contribution in [3.05, 3.63) is 35.4 Å². The summed E-state index contributed by atoms with van der Waals surface area (Å²) in [5, 5.41) is 2.54. The van der Waals surface area contributed by atoms with E-state index >= 15 is 0 Å². The fourth-order valence-corrected chi connectivity index (χ4v) is 1.99. The van der Waals surface area contributed by atoms with Crippen molar-refractivity contribution in [2.24, 2.45) is 0 Å². The number of sulfone groups is 1. The van der Waals surface area contributed by atoms with E-state index in [4.69, 9.17) is 11.6 Å². The van der Waals surface area contributed by atoms with Crippen molar-refractivity contribution < 1.29 is 13.2 Å². The first kappa shape index (κ1) is 14.0. The number of hydrogen-bond acceptors (Lipinski definition) is 3. The van der Waals surface area contributed by atoms with Gasteiger partial charge in [-0.2, -0.15) is 0 Å². The maximum Gasteiger partial charge on any atom is 0.235 e. The summed E-state index contributed by atoms with van der Waals surface area (Å²) in [6.07, 6.45) is 1.03. The van der Waals surface area contributed by atoms with Crippen LogP contribution >= 0.6 is 11.6 Å². The Hall–Kier alpha value is -1.07. The van der Waals surface area contributed by atoms with E-state index in [1.807, 2.05) is 24.3 Å². The van der Waals surface area contributed by atoms with E-state index in [0.29, 0.717) is 12.4 Å². The van der Waals surface area contributed by atoms with Gasteiger partial charge in [0, 0.05) is 18.7 Å². The van der Waals surface area contributed by atoms with Crippen LogP contribution in [0.5, 0.6) is 0 Å². The number of halogens is 1. The quantitative estimate of drug-likeness (QED) is 0.818. The van der Waals surface area contributed by atoms with Gasteiger partial charge in [0.1, 0.15) is 5.75 Å². The normalized spacial score (nSPS) is 11.2. The topological polar surface area (TPSA) is 63.2 Å². The minimum absolute atomic E-state index is 0.316. The lowest BCUT2D eigenvalue weighted by Crippen LogP contribution is -2.29. The zero-order chi connectivity index (χ0) is 12.9. The highest BCUT2D eigenvalue weighted by Gasteiger charge is 2.09. The number of nitrogens with one attached hydrogen (secondary N) is 1. The molecule has 0 fully saturated rings. The molecule has 1 aromatic rings. The molecular weight excluding hydrogens is 262 g/mol. The summed E-state index contributed by atoms with van der Waals surface area (Å²) < 4.78 is 21.7. The number of rotatable bonds is 5. The molecule has 0 bridgehead atoms. The van der Waals surface area contributed by atoms with Crippen LogP contribution in [0.3, 0.4) is 0 Å². The lowest BCUT2D eigenvalue weighted by molar-refractivity contribution is -0.118. The molecule has 1 N–H and O–H groups in total. The molecule has 0 aromatic heterocycles. The zero-order valence-electron chi connectivity index (χ0n) is 9.44. The molecule has 0 aliphatic carbocycles. The third kappa shape index (κ3) is 5.70. The summed E-state index contributed by atoms with van der Waals surface area (Å²) in [4.78, 5) is 11.2. The van der Waals surface area contributed by atoms with Crippen LogP contribution in [0.15, 0.2) is 24.3 Å². The van der Waals surface area contributed by atoms with Crippen LogP contribution in [0.4, 0.5) is 0 Å². The van der Waals surface area contributed by atoms with Gasteiger partial charge in [0.25, 0.3) is 0 Å². The Morgan fingerprint density at radius 3 is 2.24 bits per heavy atom. The molecule has 6 heteroatoms. The van der Waals surface area contributed by atoms with E-state index in [1.54, 1.807) is 0 Å². The molecule has 0 saturated carbocycles. The molecule has 0 aliphatic heterocycles. The number of benzene rings is 1. The average Bonchev–Trinajstić information content (AvgIpc) is 2.25. The standard InChI is InChI=1S/C11H14ClNO3S/c1-17(15,16)8-11(14)13-7-10-4-2-9(6-12)3-5-10/h2-5H,6-8H2,1H3,(H,13,14). The summed E-state index contributed by atoms with van der Waals surface area (Å²) in [5.74, 6) is -0.526. The minimum Gasteiger partial charge on any atom is -0.351 e.